The second kappa shape index (κ2) is 3.76. The molecule has 0 unspecified atom stereocenters. The van der Waals surface area contributed by atoms with Crippen LogP contribution in [-0.4, -0.2) is 24.0 Å². The largest absolute Gasteiger partial charge is 0.304 e. The number of fused-ring (bicyclic) bond motifs is 1. The summed E-state index contributed by atoms with van der Waals surface area (Å²) in [6, 6.07) is 13.1. The van der Waals surface area contributed by atoms with Crippen molar-refractivity contribution in [1.82, 2.24) is 9.88 Å². The van der Waals surface area contributed by atoms with Gasteiger partial charge in [-0.2, -0.15) is 0 Å². The monoisotopic (exact) mass is 185 g/mol. The summed E-state index contributed by atoms with van der Waals surface area (Å²) in [5, 5.41) is 1.15. The van der Waals surface area contributed by atoms with Crippen LogP contribution in [0, 0.1) is 6.07 Å². The molecule has 1 radical (unpaired) electrons. The number of hydrogen-bond acceptors (Lipinski definition) is 2. The van der Waals surface area contributed by atoms with Gasteiger partial charge >= 0.3 is 0 Å². The maximum absolute atomic E-state index is 4.55. The molecule has 0 aliphatic rings. The number of benzene rings is 1. The van der Waals surface area contributed by atoms with Crippen LogP contribution in [0.1, 0.15) is 5.69 Å². The zero-order valence-corrected chi connectivity index (χ0v) is 8.49. The van der Waals surface area contributed by atoms with Gasteiger partial charge in [0.25, 0.3) is 0 Å². The fourth-order valence-electron chi connectivity index (χ4n) is 1.46. The van der Waals surface area contributed by atoms with Crippen LogP contribution in [0.5, 0.6) is 0 Å². The van der Waals surface area contributed by atoms with E-state index in [2.05, 4.69) is 28.1 Å². The lowest BCUT2D eigenvalue weighted by Gasteiger charge is -2.08. The van der Waals surface area contributed by atoms with Crippen LogP contribution < -0.4 is 0 Å². The van der Waals surface area contributed by atoms with E-state index in [0.29, 0.717) is 0 Å². The van der Waals surface area contributed by atoms with E-state index in [9.17, 15) is 0 Å². The molecule has 0 N–H and O–H groups in total. The van der Waals surface area contributed by atoms with Crippen molar-refractivity contribution >= 4 is 10.9 Å². The molecule has 1 aromatic carbocycles. The molecule has 0 amide bonds. The Balaban J connectivity index is 2.41. The first-order chi connectivity index (χ1) is 6.75. The van der Waals surface area contributed by atoms with Gasteiger partial charge in [0, 0.05) is 11.9 Å². The van der Waals surface area contributed by atoms with Gasteiger partial charge in [-0.15, -0.1) is 0 Å². The molecule has 2 aromatic rings. The molecule has 0 bridgehead atoms. The number of hydrogen-bond donors (Lipinski definition) is 0. The maximum atomic E-state index is 4.55. The Labute approximate surface area is 84.2 Å². The van der Waals surface area contributed by atoms with Gasteiger partial charge in [-0.1, -0.05) is 12.1 Å². The Morgan fingerprint density at radius 3 is 2.93 bits per heavy atom. The number of pyridine rings is 1. The van der Waals surface area contributed by atoms with Crippen LogP contribution >= 0.6 is 0 Å². The summed E-state index contributed by atoms with van der Waals surface area (Å²) in [5.74, 6) is 0. The van der Waals surface area contributed by atoms with Gasteiger partial charge in [0.2, 0.25) is 0 Å². The third-order valence-corrected chi connectivity index (χ3v) is 2.07. The van der Waals surface area contributed by atoms with E-state index < -0.39 is 0 Å². The summed E-state index contributed by atoms with van der Waals surface area (Å²) in [4.78, 5) is 6.67. The lowest BCUT2D eigenvalue weighted by atomic mass is 10.2. The molecule has 0 saturated heterocycles. The fraction of sp³-hybridized carbons (Fsp3) is 0.250. The Morgan fingerprint density at radius 1 is 1.29 bits per heavy atom. The zero-order valence-electron chi connectivity index (χ0n) is 8.49. The first kappa shape index (κ1) is 9.16. The molecule has 1 heterocycles. The van der Waals surface area contributed by atoms with Crippen molar-refractivity contribution in [3.63, 3.8) is 0 Å². The van der Waals surface area contributed by atoms with E-state index in [-0.39, 0.29) is 0 Å². The van der Waals surface area contributed by atoms with E-state index in [1.54, 1.807) is 0 Å². The second-order valence-electron chi connectivity index (χ2n) is 3.66. The van der Waals surface area contributed by atoms with Crippen molar-refractivity contribution in [3.05, 3.63) is 42.1 Å². The highest BCUT2D eigenvalue weighted by molar-refractivity contribution is 5.78. The van der Waals surface area contributed by atoms with Crippen LogP contribution in [0.15, 0.2) is 30.3 Å². The molecule has 0 fully saturated rings. The Hall–Kier alpha value is -1.41. The van der Waals surface area contributed by atoms with Crippen molar-refractivity contribution in [1.29, 1.82) is 0 Å². The Kier molecular flexibility index (Phi) is 2.46. The zero-order chi connectivity index (χ0) is 9.97. The van der Waals surface area contributed by atoms with Crippen LogP contribution in [0.25, 0.3) is 10.9 Å². The quantitative estimate of drug-likeness (QED) is 0.712. The standard InChI is InChI=1S/C12H13N2/c1-14(2)9-11-8-7-10-5-3-4-6-12(10)13-11/h4-8H,9H2,1-2H3. The van der Waals surface area contributed by atoms with Crippen LogP contribution in [0.4, 0.5) is 0 Å². The minimum absolute atomic E-state index is 0.883. The molecule has 71 valence electrons. The predicted octanol–water partition coefficient (Wildman–Crippen LogP) is 2.10. The van der Waals surface area contributed by atoms with E-state index in [4.69, 9.17) is 0 Å². The molecular formula is C12H13N2. The van der Waals surface area contributed by atoms with Crippen LogP contribution in [-0.2, 0) is 6.54 Å². The lowest BCUT2D eigenvalue weighted by Crippen LogP contribution is -2.11. The normalized spacial score (nSPS) is 11.1. The topological polar surface area (TPSA) is 16.1 Å². The molecule has 1 aromatic heterocycles. The van der Waals surface area contributed by atoms with Crippen molar-refractivity contribution in [3.8, 4) is 0 Å². The Bertz CT molecular complexity index is 435. The van der Waals surface area contributed by atoms with Gasteiger partial charge in [-0.05, 0) is 38.4 Å². The average molecular weight is 185 g/mol. The number of aromatic nitrogens is 1. The third kappa shape index (κ3) is 1.91. The minimum Gasteiger partial charge on any atom is -0.304 e. The lowest BCUT2D eigenvalue weighted by molar-refractivity contribution is 0.397. The molecule has 2 nitrogen and oxygen atoms in total. The van der Waals surface area contributed by atoms with Crippen molar-refractivity contribution < 1.29 is 0 Å². The number of rotatable bonds is 2. The average Bonchev–Trinajstić information content (AvgIpc) is 2.17. The van der Waals surface area contributed by atoms with Crippen molar-refractivity contribution in [2.24, 2.45) is 0 Å². The van der Waals surface area contributed by atoms with E-state index >= 15 is 0 Å². The summed E-state index contributed by atoms with van der Waals surface area (Å²) in [5.41, 5.74) is 2.15. The van der Waals surface area contributed by atoms with Gasteiger partial charge < -0.3 is 4.90 Å². The maximum Gasteiger partial charge on any atom is 0.0706 e. The molecule has 0 aliphatic heterocycles. The highest BCUT2D eigenvalue weighted by Crippen LogP contribution is 2.11. The van der Waals surface area contributed by atoms with Crippen LogP contribution in [0.3, 0.4) is 0 Å². The summed E-state index contributed by atoms with van der Waals surface area (Å²) < 4.78 is 0. The summed E-state index contributed by atoms with van der Waals surface area (Å²) in [6.45, 7) is 0.883. The van der Waals surface area contributed by atoms with E-state index in [0.717, 1.165) is 23.1 Å². The summed E-state index contributed by atoms with van der Waals surface area (Å²) in [6.07, 6.45) is 0. The van der Waals surface area contributed by atoms with E-state index in [1.807, 2.05) is 32.3 Å². The predicted molar refractivity (Wildman–Crippen MR) is 58.0 cm³/mol. The molecule has 0 spiro atoms. The number of nitrogens with zero attached hydrogens (tertiary/aromatic N) is 2. The molecule has 0 saturated carbocycles. The molecule has 0 aliphatic carbocycles. The first-order valence-corrected chi connectivity index (χ1v) is 4.66. The highest BCUT2D eigenvalue weighted by atomic mass is 15.1. The minimum atomic E-state index is 0.883. The van der Waals surface area contributed by atoms with Crippen LogP contribution in [0.2, 0.25) is 0 Å². The van der Waals surface area contributed by atoms with Crippen molar-refractivity contribution in [2.45, 2.75) is 6.54 Å². The molecule has 14 heavy (non-hydrogen) atoms. The van der Waals surface area contributed by atoms with E-state index in [1.165, 1.54) is 0 Å². The summed E-state index contributed by atoms with van der Waals surface area (Å²) >= 11 is 0. The fourth-order valence-corrected chi connectivity index (χ4v) is 1.46. The molecular weight excluding hydrogens is 172 g/mol. The van der Waals surface area contributed by atoms with Crippen molar-refractivity contribution in [2.75, 3.05) is 14.1 Å². The smallest absolute Gasteiger partial charge is 0.0706 e. The first-order valence-electron chi connectivity index (χ1n) is 4.66. The van der Waals surface area contributed by atoms with Gasteiger partial charge in [0.05, 0.1) is 11.2 Å². The van der Waals surface area contributed by atoms with Gasteiger partial charge in [0.15, 0.2) is 0 Å². The molecule has 2 rings (SSSR count). The summed E-state index contributed by atoms with van der Waals surface area (Å²) in [7, 11) is 4.09. The van der Waals surface area contributed by atoms with Gasteiger partial charge in [-0.25, -0.2) is 0 Å². The van der Waals surface area contributed by atoms with Gasteiger partial charge in [0.1, 0.15) is 0 Å². The highest BCUT2D eigenvalue weighted by Gasteiger charge is 1.98. The van der Waals surface area contributed by atoms with Gasteiger partial charge in [-0.3, -0.25) is 4.98 Å². The molecule has 2 heteroatoms. The molecule has 0 atom stereocenters. The second-order valence-corrected chi connectivity index (χ2v) is 3.66. The Morgan fingerprint density at radius 2 is 2.14 bits per heavy atom. The third-order valence-electron chi connectivity index (χ3n) is 2.07. The SMILES string of the molecule is CN(C)Cc1ccc2c[c]ccc2n1.